The van der Waals surface area contributed by atoms with E-state index in [1.165, 1.54) is 24.5 Å². The summed E-state index contributed by atoms with van der Waals surface area (Å²) < 4.78 is 24.9. The normalized spacial score (nSPS) is 11.0. The highest BCUT2D eigenvalue weighted by Gasteiger charge is 2.12. The van der Waals surface area contributed by atoms with Crippen LogP contribution in [-0.4, -0.2) is 72.5 Å². The van der Waals surface area contributed by atoms with Gasteiger partial charge in [-0.3, -0.25) is 0 Å². The Morgan fingerprint density at radius 1 is 1.00 bits per heavy atom. The number of carbonyl (C=O) groups excluding carboxylic acids is 1. The summed E-state index contributed by atoms with van der Waals surface area (Å²) in [5.74, 6) is 1.50. The number of amides is 2. The first-order chi connectivity index (χ1) is 20.5. The second-order valence-electron chi connectivity index (χ2n) is 9.57. The number of likely N-dealkylation sites (N-methyl/N-ethyl adjacent to an activating group) is 1. The minimum atomic E-state index is -0.448. The number of aliphatic hydroxyl groups is 1. The van der Waals surface area contributed by atoms with Crippen molar-refractivity contribution < 1.29 is 23.8 Å². The van der Waals surface area contributed by atoms with Crippen molar-refractivity contribution in [3.05, 3.63) is 78.4 Å². The summed E-state index contributed by atoms with van der Waals surface area (Å²) in [6.45, 7) is 5.74. The van der Waals surface area contributed by atoms with Crippen molar-refractivity contribution in [1.29, 1.82) is 0 Å². The molecule has 1 heterocycles. The number of urea groups is 1. The average molecular weight is 577 g/mol. The van der Waals surface area contributed by atoms with Crippen LogP contribution < -0.4 is 25.4 Å². The number of aliphatic hydroxyl groups excluding tert-OH is 1. The molecule has 0 radical (unpaired) electrons. The van der Waals surface area contributed by atoms with Gasteiger partial charge < -0.3 is 35.4 Å². The van der Waals surface area contributed by atoms with Gasteiger partial charge in [0.1, 0.15) is 18.0 Å². The van der Waals surface area contributed by atoms with Gasteiger partial charge in [0, 0.05) is 42.5 Å². The quantitative estimate of drug-likeness (QED) is 0.143. The van der Waals surface area contributed by atoms with Gasteiger partial charge in [-0.15, -0.1) is 0 Å². The topological polar surface area (TPSA) is 121 Å². The predicted molar refractivity (Wildman–Crippen MR) is 163 cm³/mol. The van der Waals surface area contributed by atoms with Gasteiger partial charge in [0.2, 0.25) is 0 Å². The summed E-state index contributed by atoms with van der Waals surface area (Å²) in [6.07, 6.45) is 3.07. The Bertz CT molecular complexity index is 1450. The smallest absolute Gasteiger partial charge is 0.323 e. The fourth-order valence-electron chi connectivity index (χ4n) is 4.46. The molecular weight excluding hydrogens is 539 g/mol. The van der Waals surface area contributed by atoms with Crippen LogP contribution in [0.1, 0.15) is 18.9 Å². The molecule has 11 heteroatoms. The summed E-state index contributed by atoms with van der Waals surface area (Å²) in [5.41, 5.74) is 2.82. The summed E-state index contributed by atoms with van der Waals surface area (Å²) in [5, 5.41) is 18.7. The molecule has 42 heavy (non-hydrogen) atoms. The highest BCUT2D eigenvalue weighted by molar-refractivity contribution is 5.99. The molecule has 0 unspecified atom stereocenters. The molecule has 0 atom stereocenters. The number of rotatable bonds is 15. The number of benzene rings is 3. The third-order valence-corrected chi connectivity index (χ3v) is 6.66. The van der Waals surface area contributed by atoms with Crippen LogP contribution in [0.4, 0.5) is 26.4 Å². The lowest BCUT2D eigenvalue weighted by molar-refractivity contribution is 0.188. The van der Waals surface area contributed by atoms with Crippen LogP contribution in [0.2, 0.25) is 0 Å². The van der Waals surface area contributed by atoms with E-state index >= 15 is 0 Å². The number of methoxy groups -OCH3 is 1. The molecular formula is C31H37FN6O4. The molecule has 4 aromatic rings. The molecule has 0 aliphatic rings. The number of hydrogen-bond donors (Lipinski definition) is 4. The number of nitrogens with one attached hydrogen (secondary N) is 3. The van der Waals surface area contributed by atoms with Gasteiger partial charge in [-0.25, -0.2) is 19.2 Å². The maximum Gasteiger partial charge on any atom is 0.323 e. The summed E-state index contributed by atoms with van der Waals surface area (Å²) in [7, 11) is 1.61. The molecule has 1 aromatic heterocycles. The molecule has 0 spiro atoms. The summed E-state index contributed by atoms with van der Waals surface area (Å²) in [4.78, 5) is 23.2. The van der Waals surface area contributed by atoms with Gasteiger partial charge in [-0.05, 0) is 61.3 Å². The highest BCUT2D eigenvalue weighted by atomic mass is 19.1. The van der Waals surface area contributed by atoms with Crippen molar-refractivity contribution in [2.45, 2.75) is 19.8 Å². The largest absolute Gasteiger partial charge is 0.493 e. The predicted octanol–water partition coefficient (Wildman–Crippen LogP) is 5.16. The lowest BCUT2D eigenvalue weighted by atomic mass is 10.1. The molecule has 2 amide bonds. The van der Waals surface area contributed by atoms with E-state index in [4.69, 9.17) is 14.6 Å². The van der Waals surface area contributed by atoms with Crippen molar-refractivity contribution in [2.75, 3.05) is 62.5 Å². The molecule has 0 aliphatic carbocycles. The molecule has 4 rings (SSSR count). The number of anilines is 3. The van der Waals surface area contributed by atoms with E-state index in [2.05, 4.69) is 37.7 Å². The second-order valence-corrected chi connectivity index (χ2v) is 9.57. The van der Waals surface area contributed by atoms with E-state index < -0.39 is 11.8 Å². The zero-order chi connectivity index (χ0) is 29.7. The van der Waals surface area contributed by atoms with Gasteiger partial charge in [0.25, 0.3) is 0 Å². The third kappa shape index (κ3) is 8.76. The first-order valence-corrected chi connectivity index (χ1v) is 13.9. The van der Waals surface area contributed by atoms with Gasteiger partial charge in [-0.1, -0.05) is 25.1 Å². The Hall–Kier alpha value is -4.48. The molecule has 0 saturated heterocycles. The molecule has 222 valence electrons. The number of aromatic nitrogens is 2. The average Bonchev–Trinajstić information content (AvgIpc) is 2.99. The van der Waals surface area contributed by atoms with Crippen LogP contribution in [0.3, 0.4) is 0 Å². The number of ether oxygens (including phenoxy) is 2. The van der Waals surface area contributed by atoms with Crippen molar-refractivity contribution in [3.63, 3.8) is 0 Å². The molecule has 4 N–H and O–H groups in total. The zero-order valence-corrected chi connectivity index (χ0v) is 23.9. The van der Waals surface area contributed by atoms with Crippen LogP contribution in [0.15, 0.2) is 67.0 Å². The molecule has 0 aliphatic heterocycles. The fraction of sp³-hybridized carbons (Fsp3) is 0.323. The van der Waals surface area contributed by atoms with Crippen LogP contribution in [0, 0.1) is 5.82 Å². The maximum absolute atomic E-state index is 13.3. The van der Waals surface area contributed by atoms with Crippen LogP contribution >= 0.6 is 0 Å². The standard InChI is InChI=1S/C31H37FN6O4/c1-3-38(15-16-39)14-5-17-42-29-20-27-26(19-28(29)41-2)30(35-21-34-27)33-13-12-22-8-10-24(11-9-22)36-31(40)37-25-7-4-6-23(32)18-25/h4,6-11,18-21,39H,3,5,12-17H2,1-2H3,(H,33,34,35)(H2,36,37,40). The van der Waals surface area contributed by atoms with Crippen molar-refractivity contribution >= 4 is 34.1 Å². The lowest BCUT2D eigenvalue weighted by Crippen LogP contribution is -2.28. The van der Waals surface area contributed by atoms with Crippen molar-refractivity contribution in [3.8, 4) is 11.5 Å². The number of halogens is 1. The SMILES string of the molecule is CCN(CCO)CCCOc1cc2ncnc(NCCc3ccc(NC(=O)Nc4cccc(F)c4)cc3)c2cc1OC. The third-order valence-electron chi connectivity index (χ3n) is 6.66. The first kappa shape index (κ1) is 30.5. The highest BCUT2D eigenvalue weighted by Crippen LogP contribution is 2.34. The monoisotopic (exact) mass is 576 g/mol. The fourth-order valence-corrected chi connectivity index (χ4v) is 4.46. The van der Waals surface area contributed by atoms with Crippen LogP contribution in [0.25, 0.3) is 10.9 Å². The minimum Gasteiger partial charge on any atom is -0.493 e. The lowest BCUT2D eigenvalue weighted by Gasteiger charge is -2.19. The molecule has 0 saturated carbocycles. The minimum absolute atomic E-state index is 0.146. The van der Waals surface area contributed by atoms with Gasteiger partial charge in [0.05, 0.1) is 25.8 Å². The van der Waals surface area contributed by atoms with E-state index in [-0.39, 0.29) is 6.61 Å². The number of hydrogen-bond acceptors (Lipinski definition) is 8. The van der Waals surface area contributed by atoms with E-state index in [0.29, 0.717) is 48.4 Å². The second kappa shape index (κ2) is 15.5. The van der Waals surface area contributed by atoms with Gasteiger partial charge in [0.15, 0.2) is 11.5 Å². The molecule has 0 bridgehead atoms. The van der Waals surface area contributed by atoms with E-state index in [1.807, 2.05) is 36.4 Å². The van der Waals surface area contributed by atoms with Crippen LogP contribution in [0.5, 0.6) is 11.5 Å². The van der Waals surface area contributed by atoms with Crippen molar-refractivity contribution in [2.24, 2.45) is 0 Å². The Kier molecular flexibility index (Phi) is 11.2. The van der Waals surface area contributed by atoms with E-state index in [9.17, 15) is 9.18 Å². The summed E-state index contributed by atoms with van der Waals surface area (Å²) in [6, 6.07) is 16.5. The number of fused-ring (bicyclic) bond motifs is 1. The Morgan fingerprint density at radius 3 is 2.55 bits per heavy atom. The van der Waals surface area contributed by atoms with E-state index in [0.717, 1.165) is 42.4 Å². The zero-order valence-electron chi connectivity index (χ0n) is 23.9. The maximum atomic E-state index is 13.3. The van der Waals surface area contributed by atoms with Crippen LogP contribution in [-0.2, 0) is 6.42 Å². The van der Waals surface area contributed by atoms with E-state index in [1.54, 1.807) is 13.2 Å². The molecule has 0 fully saturated rings. The molecule has 10 nitrogen and oxygen atoms in total. The number of carbonyl (C=O) groups is 1. The number of nitrogens with zero attached hydrogens (tertiary/aromatic N) is 3. The Balaban J connectivity index is 1.30. The Morgan fingerprint density at radius 2 is 1.81 bits per heavy atom. The first-order valence-electron chi connectivity index (χ1n) is 13.9. The van der Waals surface area contributed by atoms with Gasteiger partial charge >= 0.3 is 6.03 Å². The van der Waals surface area contributed by atoms with Gasteiger partial charge in [-0.2, -0.15) is 0 Å². The molecule has 3 aromatic carbocycles. The summed E-state index contributed by atoms with van der Waals surface area (Å²) >= 11 is 0. The Labute approximate surface area is 244 Å². The van der Waals surface area contributed by atoms with Crippen molar-refractivity contribution in [1.82, 2.24) is 14.9 Å².